The maximum atomic E-state index is 12.3. The number of amides is 1. The van der Waals surface area contributed by atoms with Gasteiger partial charge in [0.1, 0.15) is 0 Å². The van der Waals surface area contributed by atoms with E-state index in [4.69, 9.17) is 5.11 Å². The molecule has 0 radical (unpaired) electrons. The quantitative estimate of drug-likeness (QED) is 0.898. The molecule has 0 aliphatic rings. The maximum Gasteiger partial charge on any atom is 0.337 e. The summed E-state index contributed by atoms with van der Waals surface area (Å²) >= 11 is 0. The number of hydrogen-bond acceptors (Lipinski definition) is 2. The molecule has 102 valence electrons. The first kappa shape index (κ1) is 13.8. The van der Waals surface area contributed by atoms with Crippen LogP contribution in [0.4, 0.5) is 5.69 Å². The summed E-state index contributed by atoms with van der Waals surface area (Å²) in [5, 5.41) is 11.8. The minimum absolute atomic E-state index is 0.0751. The molecule has 2 aromatic carbocycles. The largest absolute Gasteiger partial charge is 0.478 e. The molecule has 4 nitrogen and oxygen atoms in total. The lowest BCUT2D eigenvalue weighted by atomic mass is 10.0. The number of aryl methyl sites for hydroxylation is 1. The fourth-order valence-electron chi connectivity index (χ4n) is 1.97. The van der Waals surface area contributed by atoms with Gasteiger partial charge in [-0.15, -0.1) is 0 Å². The van der Waals surface area contributed by atoms with Crippen molar-refractivity contribution < 1.29 is 14.7 Å². The van der Waals surface area contributed by atoms with E-state index in [9.17, 15) is 9.59 Å². The molecule has 0 heterocycles. The van der Waals surface area contributed by atoms with Crippen molar-refractivity contribution in [2.24, 2.45) is 0 Å². The van der Waals surface area contributed by atoms with Crippen LogP contribution in [-0.2, 0) is 0 Å². The molecular formula is C16H15NO3. The second-order valence-electron chi connectivity index (χ2n) is 4.55. The van der Waals surface area contributed by atoms with E-state index >= 15 is 0 Å². The number of carboxylic acid groups (broad SMARTS) is 1. The van der Waals surface area contributed by atoms with Gasteiger partial charge in [0.25, 0.3) is 5.91 Å². The van der Waals surface area contributed by atoms with Crippen molar-refractivity contribution in [3.05, 3.63) is 64.7 Å². The fraction of sp³-hybridized carbons (Fsp3) is 0.125. The Labute approximate surface area is 117 Å². The molecule has 20 heavy (non-hydrogen) atoms. The average molecular weight is 269 g/mol. The standard InChI is InChI=1S/C16H15NO3/c1-10-6-5-8-12(11(10)2)15(18)17-14-9-4-3-7-13(14)16(19)20/h3-9H,1-2H3,(H,17,18)(H,19,20). The lowest BCUT2D eigenvalue weighted by Crippen LogP contribution is -2.16. The van der Waals surface area contributed by atoms with Gasteiger partial charge in [-0.25, -0.2) is 4.79 Å². The Bertz CT molecular complexity index is 677. The van der Waals surface area contributed by atoms with E-state index in [-0.39, 0.29) is 11.5 Å². The zero-order valence-corrected chi connectivity index (χ0v) is 11.3. The van der Waals surface area contributed by atoms with E-state index in [0.717, 1.165) is 11.1 Å². The van der Waals surface area contributed by atoms with Gasteiger partial charge in [-0.3, -0.25) is 4.79 Å². The molecule has 2 rings (SSSR count). The van der Waals surface area contributed by atoms with Gasteiger partial charge in [-0.2, -0.15) is 0 Å². The van der Waals surface area contributed by atoms with Crippen LogP contribution in [0.3, 0.4) is 0 Å². The molecule has 0 aliphatic heterocycles. The minimum atomic E-state index is -1.07. The lowest BCUT2D eigenvalue weighted by molar-refractivity contribution is 0.0698. The Morgan fingerprint density at radius 1 is 0.950 bits per heavy atom. The fourth-order valence-corrected chi connectivity index (χ4v) is 1.97. The number of rotatable bonds is 3. The Morgan fingerprint density at radius 2 is 1.60 bits per heavy atom. The second kappa shape index (κ2) is 5.57. The summed E-state index contributed by atoms with van der Waals surface area (Å²) in [5.74, 6) is -1.37. The van der Waals surface area contributed by atoms with Gasteiger partial charge in [-0.1, -0.05) is 24.3 Å². The lowest BCUT2D eigenvalue weighted by Gasteiger charge is -2.11. The Hall–Kier alpha value is -2.62. The highest BCUT2D eigenvalue weighted by atomic mass is 16.4. The van der Waals surface area contributed by atoms with Crippen molar-refractivity contribution in [3.63, 3.8) is 0 Å². The molecule has 0 bridgehead atoms. The number of para-hydroxylation sites is 1. The van der Waals surface area contributed by atoms with E-state index in [1.165, 1.54) is 6.07 Å². The van der Waals surface area contributed by atoms with E-state index in [0.29, 0.717) is 11.3 Å². The van der Waals surface area contributed by atoms with Gasteiger partial charge in [0.2, 0.25) is 0 Å². The Balaban J connectivity index is 2.33. The molecule has 0 spiro atoms. The SMILES string of the molecule is Cc1cccc(C(=O)Nc2ccccc2C(=O)O)c1C. The highest BCUT2D eigenvalue weighted by molar-refractivity contribution is 6.08. The van der Waals surface area contributed by atoms with E-state index in [2.05, 4.69) is 5.32 Å². The molecule has 2 aromatic rings. The van der Waals surface area contributed by atoms with Crippen LogP contribution in [0, 0.1) is 13.8 Å². The molecular weight excluding hydrogens is 254 g/mol. The van der Waals surface area contributed by atoms with Gasteiger partial charge in [0.05, 0.1) is 11.3 Å². The summed E-state index contributed by atoms with van der Waals surface area (Å²) in [6, 6.07) is 11.8. The number of carbonyl (C=O) groups is 2. The van der Waals surface area contributed by atoms with Crippen LogP contribution in [0.1, 0.15) is 31.8 Å². The van der Waals surface area contributed by atoms with Gasteiger partial charge in [0.15, 0.2) is 0 Å². The summed E-state index contributed by atoms with van der Waals surface area (Å²) in [4.78, 5) is 23.4. The molecule has 4 heteroatoms. The van der Waals surface area contributed by atoms with E-state index in [1.807, 2.05) is 19.9 Å². The van der Waals surface area contributed by atoms with Crippen LogP contribution in [-0.4, -0.2) is 17.0 Å². The molecule has 0 saturated carbocycles. The monoisotopic (exact) mass is 269 g/mol. The molecule has 0 aliphatic carbocycles. The molecule has 1 amide bonds. The first-order chi connectivity index (χ1) is 9.50. The third kappa shape index (κ3) is 2.69. The summed E-state index contributed by atoms with van der Waals surface area (Å²) in [7, 11) is 0. The number of hydrogen-bond donors (Lipinski definition) is 2. The molecule has 0 saturated heterocycles. The second-order valence-corrected chi connectivity index (χ2v) is 4.55. The Morgan fingerprint density at radius 3 is 2.30 bits per heavy atom. The number of anilines is 1. The normalized spacial score (nSPS) is 10.1. The van der Waals surface area contributed by atoms with Gasteiger partial charge in [-0.05, 0) is 43.2 Å². The summed E-state index contributed by atoms with van der Waals surface area (Å²) in [6.07, 6.45) is 0. The predicted octanol–water partition coefficient (Wildman–Crippen LogP) is 3.25. The third-order valence-electron chi connectivity index (χ3n) is 3.25. The Kier molecular flexibility index (Phi) is 3.84. The van der Waals surface area contributed by atoms with Crippen LogP contribution in [0.2, 0.25) is 0 Å². The number of nitrogens with one attached hydrogen (secondary N) is 1. The van der Waals surface area contributed by atoms with Crippen LogP contribution in [0.25, 0.3) is 0 Å². The van der Waals surface area contributed by atoms with Gasteiger partial charge >= 0.3 is 5.97 Å². The molecule has 0 unspecified atom stereocenters. The topological polar surface area (TPSA) is 66.4 Å². The zero-order valence-electron chi connectivity index (χ0n) is 11.3. The zero-order chi connectivity index (χ0) is 14.7. The highest BCUT2D eigenvalue weighted by Gasteiger charge is 2.14. The highest BCUT2D eigenvalue weighted by Crippen LogP contribution is 2.18. The predicted molar refractivity (Wildman–Crippen MR) is 77.3 cm³/mol. The van der Waals surface area contributed by atoms with Crippen molar-refractivity contribution in [2.75, 3.05) is 5.32 Å². The van der Waals surface area contributed by atoms with Gasteiger partial charge < -0.3 is 10.4 Å². The van der Waals surface area contributed by atoms with E-state index < -0.39 is 5.97 Å². The smallest absolute Gasteiger partial charge is 0.337 e. The maximum absolute atomic E-state index is 12.3. The van der Waals surface area contributed by atoms with Crippen molar-refractivity contribution >= 4 is 17.6 Å². The van der Waals surface area contributed by atoms with Crippen LogP contribution < -0.4 is 5.32 Å². The van der Waals surface area contributed by atoms with Crippen molar-refractivity contribution in [1.82, 2.24) is 0 Å². The number of benzene rings is 2. The molecule has 2 N–H and O–H groups in total. The first-order valence-electron chi connectivity index (χ1n) is 6.20. The van der Waals surface area contributed by atoms with Crippen LogP contribution in [0.15, 0.2) is 42.5 Å². The van der Waals surface area contributed by atoms with Crippen molar-refractivity contribution in [2.45, 2.75) is 13.8 Å². The van der Waals surface area contributed by atoms with Gasteiger partial charge in [0, 0.05) is 5.56 Å². The number of carboxylic acids is 1. The van der Waals surface area contributed by atoms with Crippen LogP contribution >= 0.6 is 0 Å². The summed E-state index contributed by atoms with van der Waals surface area (Å²) < 4.78 is 0. The van der Waals surface area contributed by atoms with Crippen LogP contribution in [0.5, 0.6) is 0 Å². The average Bonchev–Trinajstić information content (AvgIpc) is 2.42. The summed E-state index contributed by atoms with van der Waals surface area (Å²) in [6.45, 7) is 3.80. The summed E-state index contributed by atoms with van der Waals surface area (Å²) in [5.41, 5.74) is 2.82. The van der Waals surface area contributed by atoms with Crippen molar-refractivity contribution in [1.29, 1.82) is 0 Å². The van der Waals surface area contributed by atoms with Crippen molar-refractivity contribution in [3.8, 4) is 0 Å². The molecule has 0 aromatic heterocycles. The molecule has 0 atom stereocenters. The third-order valence-corrected chi connectivity index (χ3v) is 3.25. The van der Waals surface area contributed by atoms with E-state index in [1.54, 1.807) is 30.3 Å². The molecule has 0 fully saturated rings. The number of carbonyl (C=O) groups excluding carboxylic acids is 1. The number of aromatic carboxylic acids is 1. The first-order valence-corrected chi connectivity index (χ1v) is 6.20. The minimum Gasteiger partial charge on any atom is -0.478 e.